The van der Waals surface area contributed by atoms with Gasteiger partial charge >= 0.3 is 5.97 Å². The van der Waals surface area contributed by atoms with Crippen LogP contribution in [0.25, 0.3) is 0 Å². The minimum atomic E-state index is -0.154. The average Bonchev–Trinajstić information content (AvgIpc) is 2.11. The van der Waals surface area contributed by atoms with Crippen molar-refractivity contribution in [1.29, 1.82) is 0 Å². The summed E-state index contributed by atoms with van der Waals surface area (Å²) in [4.78, 5) is 10.8. The Morgan fingerprint density at radius 2 is 1.85 bits per heavy atom. The highest BCUT2D eigenvalue weighted by Crippen LogP contribution is 1.92. The first-order valence-electron chi connectivity index (χ1n) is 4.76. The van der Waals surface area contributed by atoms with E-state index in [9.17, 15) is 4.79 Å². The molecule has 2 heteroatoms. The van der Waals surface area contributed by atoms with Gasteiger partial charge in [-0.1, -0.05) is 31.2 Å². The molecule has 0 heterocycles. The fourth-order valence-electron chi connectivity index (χ4n) is 0.837. The Labute approximate surface area is 80.3 Å². The molecular formula is C11H18O2. The van der Waals surface area contributed by atoms with Gasteiger partial charge in [-0.2, -0.15) is 0 Å². The number of hydrogen-bond acceptors (Lipinski definition) is 2. The number of allylic oxidation sites excluding steroid dienone is 3. The van der Waals surface area contributed by atoms with Gasteiger partial charge in [0.1, 0.15) is 0 Å². The van der Waals surface area contributed by atoms with E-state index in [1.54, 1.807) is 0 Å². The lowest BCUT2D eigenvalue weighted by molar-refractivity contribution is -0.142. The zero-order valence-corrected chi connectivity index (χ0v) is 8.45. The van der Waals surface area contributed by atoms with Gasteiger partial charge in [0.15, 0.2) is 0 Å². The number of esters is 1. The summed E-state index contributed by atoms with van der Waals surface area (Å²) in [5, 5.41) is 0. The van der Waals surface area contributed by atoms with Crippen molar-refractivity contribution in [2.45, 2.75) is 33.1 Å². The SMILES string of the molecule is CC/C=C\C/C=C\CC(=O)OCC. The third-order valence-electron chi connectivity index (χ3n) is 1.43. The lowest BCUT2D eigenvalue weighted by atomic mass is 10.3. The maximum Gasteiger partial charge on any atom is 0.309 e. The fraction of sp³-hybridized carbons (Fsp3) is 0.545. The standard InChI is InChI=1S/C11H18O2/c1-3-5-6-7-8-9-10-11(12)13-4-2/h5-6,8-9H,3-4,7,10H2,1-2H3/b6-5-,9-8-. The van der Waals surface area contributed by atoms with Crippen LogP contribution in [-0.4, -0.2) is 12.6 Å². The Morgan fingerprint density at radius 1 is 1.15 bits per heavy atom. The van der Waals surface area contributed by atoms with Crippen LogP contribution >= 0.6 is 0 Å². The second-order valence-electron chi connectivity index (χ2n) is 2.60. The molecule has 0 aromatic rings. The molecule has 0 radical (unpaired) electrons. The molecule has 0 aliphatic heterocycles. The highest BCUT2D eigenvalue weighted by atomic mass is 16.5. The van der Waals surface area contributed by atoms with E-state index >= 15 is 0 Å². The van der Waals surface area contributed by atoms with Crippen molar-refractivity contribution in [3.63, 3.8) is 0 Å². The smallest absolute Gasteiger partial charge is 0.309 e. The molecule has 0 fully saturated rings. The number of carbonyl (C=O) groups excluding carboxylic acids is 1. The van der Waals surface area contributed by atoms with Gasteiger partial charge in [0.2, 0.25) is 0 Å². The molecule has 74 valence electrons. The van der Waals surface area contributed by atoms with Crippen molar-refractivity contribution in [2.75, 3.05) is 6.61 Å². The van der Waals surface area contributed by atoms with Gasteiger partial charge < -0.3 is 4.74 Å². The zero-order valence-electron chi connectivity index (χ0n) is 8.45. The number of hydrogen-bond donors (Lipinski definition) is 0. The minimum absolute atomic E-state index is 0.154. The molecule has 0 bridgehead atoms. The predicted molar refractivity (Wildman–Crippen MR) is 54.4 cm³/mol. The first-order valence-corrected chi connectivity index (χ1v) is 4.76. The molecule has 2 nitrogen and oxygen atoms in total. The summed E-state index contributed by atoms with van der Waals surface area (Å²) in [5.74, 6) is -0.154. The molecule has 0 amide bonds. The second kappa shape index (κ2) is 9.04. The third kappa shape index (κ3) is 8.86. The van der Waals surface area contributed by atoms with Crippen LogP contribution in [0.4, 0.5) is 0 Å². The lowest BCUT2D eigenvalue weighted by Crippen LogP contribution is -2.01. The summed E-state index contributed by atoms with van der Waals surface area (Å²) in [6, 6.07) is 0. The summed E-state index contributed by atoms with van der Waals surface area (Å²) < 4.78 is 4.76. The molecule has 13 heavy (non-hydrogen) atoms. The van der Waals surface area contributed by atoms with Crippen LogP contribution < -0.4 is 0 Å². The fourth-order valence-corrected chi connectivity index (χ4v) is 0.837. The first kappa shape index (κ1) is 11.9. The summed E-state index contributed by atoms with van der Waals surface area (Å²) in [6.45, 7) is 4.37. The molecule has 0 aliphatic rings. The number of carbonyl (C=O) groups is 1. The molecular weight excluding hydrogens is 164 g/mol. The van der Waals surface area contributed by atoms with Gasteiger partial charge in [0.25, 0.3) is 0 Å². The van der Waals surface area contributed by atoms with Crippen molar-refractivity contribution in [1.82, 2.24) is 0 Å². The largest absolute Gasteiger partial charge is 0.466 e. The van der Waals surface area contributed by atoms with Crippen molar-refractivity contribution >= 4 is 5.97 Å². The summed E-state index contributed by atoms with van der Waals surface area (Å²) in [6.07, 6.45) is 10.4. The van der Waals surface area contributed by atoms with Crippen molar-refractivity contribution in [3.8, 4) is 0 Å². The maximum atomic E-state index is 10.8. The minimum Gasteiger partial charge on any atom is -0.466 e. The first-order chi connectivity index (χ1) is 6.31. The summed E-state index contributed by atoms with van der Waals surface area (Å²) in [5.41, 5.74) is 0. The van der Waals surface area contributed by atoms with E-state index in [1.807, 2.05) is 19.1 Å². The normalized spacial score (nSPS) is 11.2. The Balaban J connectivity index is 3.40. The van der Waals surface area contributed by atoms with E-state index in [0.717, 1.165) is 12.8 Å². The van der Waals surface area contributed by atoms with Gasteiger partial charge in [0.05, 0.1) is 13.0 Å². The van der Waals surface area contributed by atoms with Crippen LogP contribution in [0.1, 0.15) is 33.1 Å². The van der Waals surface area contributed by atoms with Crippen LogP contribution in [-0.2, 0) is 9.53 Å². The number of ether oxygens (including phenoxy) is 1. The Hall–Kier alpha value is -1.05. The van der Waals surface area contributed by atoms with Gasteiger partial charge in [-0.3, -0.25) is 4.79 Å². The molecule has 0 atom stereocenters. The molecule has 0 aromatic carbocycles. The molecule has 0 saturated heterocycles. The van der Waals surface area contributed by atoms with Gasteiger partial charge in [-0.05, 0) is 19.8 Å². The Morgan fingerprint density at radius 3 is 2.46 bits per heavy atom. The lowest BCUT2D eigenvalue weighted by Gasteiger charge is -1.95. The topological polar surface area (TPSA) is 26.3 Å². The van der Waals surface area contributed by atoms with E-state index in [2.05, 4.69) is 19.1 Å². The van der Waals surface area contributed by atoms with Crippen LogP contribution in [0.5, 0.6) is 0 Å². The van der Waals surface area contributed by atoms with E-state index < -0.39 is 0 Å². The Bertz CT molecular complexity index is 181. The molecule has 0 saturated carbocycles. The summed E-state index contributed by atoms with van der Waals surface area (Å²) >= 11 is 0. The maximum absolute atomic E-state index is 10.8. The zero-order chi connectivity index (χ0) is 9.94. The Kier molecular flexibility index (Phi) is 8.31. The molecule has 0 rings (SSSR count). The molecule has 0 aliphatic carbocycles. The van der Waals surface area contributed by atoms with Gasteiger partial charge in [-0.15, -0.1) is 0 Å². The van der Waals surface area contributed by atoms with E-state index in [0.29, 0.717) is 13.0 Å². The van der Waals surface area contributed by atoms with Crippen molar-refractivity contribution in [2.24, 2.45) is 0 Å². The predicted octanol–water partition coefficient (Wildman–Crippen LogP) is 2.85. The summed E-state index contributed by atoms with van der Waals surface area (Å²) in [7, 11) is 0. The van der Waals surface area contributed by atoms with Crippen LogP contribution in [0, 0.1) is 0 Å². The van der Waals surface area contributed by atoms with Crippen LogP contribution in [0.3, 0.4) is 0 Å². The van der Waals surface area contributed by atoms with E-state index in [1.165, 1.54) is 0 Å². The van der Waals surface area contributed by atoms with Crippen molar-refractivity contribution < 1.29 is 9.53 Å². The van der Waals surface area contributed by atoms with E-state index in [-0.39, 0.29) is 5.97 Å². The van der Waals surface area contributed by atoms with Crippen molar-refractivity contribution in [3.05, 3.63) is 24.3 Å². The number of rotatable bonds is 6. The molecule has 0 unspecified atom stereocenters. The highest BCUT2D eigenvalue weighted by molar-refractivity contribution is 5.71. The van der Waals surface area contributed by atoms with E-state index in [4.69, 9.17) is 4.74 Å². The monoisotopic (exact) mass is 182 g/mol. The highest BCUT2D eigenvalue weighted by Gasteiger charge is 1.94. The quantitative estimate of drug-likeness (QED) is 0.466. The second-order valence-corrected chi connectivity index (χ2v) is 2.60. The molecule has 0 aromatic heterocycles. The molecule has 0 N–H and O–H groups in total. The van der Waals surface area contributed by atoms with Gasteiger partial charge in [-0.25, -0.2) is 0 Å². The van der Waals surface area contributed by atoms with Crippen LogP contribution in [0.2, 0.25) is 0 Å². The van der Waals surface area contributed by atoms with Crippen LogP contribution in [0.15, 0.2) is 24.3 Å². The molecule has 0 spiro atoms. The van der Waals surface area contributed by atoms with Gasteiger partial charge in [0, 0.05) is 0 Å². The average molecular weight is 182 g/mol. The third-order valence-corrected chi connectivity index (χ3v) is 1.43.